The SMILES string of the molecule is O=C(Nc1ncc2c(n1)C[C@@H](c1ccc(F)cc1)CC2=O)c1ccccc1. The molecule has 0 aliphatic heterocycles. The molecule has 6 heteroatoms. The first-order valence-electron chi connectivity index (χ1n) is 8.61. The lowest BCUT2D eigenvalue weighted by molar-refractivity contribution is 0.0962. The number of hydrogen-bond donors (Lipinski definition) is 1. The summed E-state index contributed by atoms with van der Waals surface area (Å²) in [5.41, 5.74) is 2.47. The molecule has 5 nitrogen and oxygen atoms in total. The fourth-order valence-corrected chi connectivity index (χ4v) is 3.24. The molecule has 1 atom stereocenters. The van der Waals surface area contributed by atoms with Gasteiger partial charge in [-0.05, 0) is 42.2 Å². The van der Waals surface area contributed by atoms with Gasteiger partial charge in [-0.15, -0.1) is 0 Å². The molecule has 0 spiro atoms. The van der Waals surface area contributed by atoms with E-state index in [0.717, 1.165) is 5.56 Å². The molecule has 2 aromatic carbocycles. The molecular formula is C21H16FN3O2. The van der Waals surface area contributed by atoms with E-state index in [1.54, 1.807) is 36.4 Å². The molecule has 134 valence electrons. The maximum absolute atomic E-state index is 13.2. The van der Waals surface area contributed by atoms with Crippen LogP contribution >= 0.6 is 0 Å². The molecule has 1 heterocycles. The van der Waals surface area contributed by atoms with Crippen molar-refractivity contribution in [1.82, 2.24) is 9.97 Å². The van der Waals surface area contributed by atoms with Gasteiger partial charge in [0.15, 0.2) is 5.78 Å². The average molecular weight is 361 g/mol. The third-order valence-corrected chi connectivity index (χ3v) is 4.64. The molecule has 1 aliphatic carbocycles. The number of aromatic nitrogens is 2. The van der Waals surface area contributed by atoms with Crippen molar-refractivity contribution in [3.05, 3.63) is 89.0 Å². The molecule has 1 N–H and O–H groups in total. The number of ketones is 1. The van der Waals surface area contributed by atoms with E-state index in [0.29, 0.717) is 29.7 Å². The zero-order valence-electron chi connectivity index (χ0n) is 14.4. The molecule has 1 amide bonds. The Kier molecular flexibility index (Phi) is 4.46. The fourth-order valence-electron chi connectivity index (χ4n) is 3.24. The highest BCUT2D eigenvalue weighted by Crippen LogP contribution is 2.32. The van der Waals surface area contributed by atoms with Crippen molar-refractivity contribution in [3.63, 3.8) is 0 Å². The predicted octanol–water partition coefficient (Wildman–Crippen LogP) is 3.78. The minimum absolute atomic E-state index is 0.0495. The van der Waals surface area contributed by atoms with Crippen LogP contribution in [0.15, 0.2) is 60.8 Å². The van der Waals surface area contributed by atoms with Crippen LogP contribution in [0.25, 0.3) is 0 Å². The van der Waals surface area contributed by atoms with Crippen LogP contribution in [0, 0.1) is 5.82 Å². The highest BCUT2D eigenvalue weighted by molar-refractivity contribution is 6.03. The summed E-state index contributed by atoms with van der Waals surface area (Å²) in [6, 6.07) is 14.9. The molecule has 0 saturated heterocycles. The van der Waals surface area contributed by atoms with Crippen LogP contribution in [0.1, 0.15) is 44.3 Å². The Labute approximate surface area is 155 Å². The lowest BCUT2D eigenvalue weighted by atomic mass is 9.82. The van der Waals surface area contributed by atoms with Gasteiger partial charge in [-0.1, -0.05) is 30.3 Å². The molecule has 3 aromatic rings. The van der Waals surface area contributed by atoms with Crippen molar-refractivity contribution >= 4 is 17.6 Å². The first kappa shape index (κ1) is 17.0. The lowest BCUT2D eigenvalue weighted by Crippen LogP contribution is -2.22. The topological polar surface area (TPSA) is 72.0 Å². The maximum Gasteiger partial charge on any atom is 0.258 e. The largest absolute Gasteiger partial charge is 0.294 e. The highest BCUT2D eigenvalue weighted by Gasteiger charge is 2.28. The summed E-state index contributed by atoms with van der Waals surface area (Å²) in [7, 11) is 0. The average Bonchev–Trinajstić information content (AvgIpc) is 2.69. The Hall–Kier alpha value is -3.41. The number of benzene rings is 2. The van der Waals surface area contributed by atoms with Gasteiger partial charge in [-0.3, -0.25) is 14.9 Å². The zero-order valence-corrected chi connectivity index (χ0v) is 14.4. The normalized spacial score (nSPS) is 15.9. The molecule has 27 heavy (non-hydrogen) atoms. The Balaban J connectivity index is 1.57. The van der Waals surface area contributed by atoms with Gasteiger partial charge in [0.2, 0.25) is 5.95 Å². The van der Waals surface area contributed by atoms with Crippen LogP contribution in [0.3, 0.4) is 0 Å². The number of nitrogens with zero attached hydrogens (tertiary/aromatic N) is 2. The zero-order chi connectivity index (χ0) is 18.8. The van der Waals surface area contributed by atoms with Gasteiger partial charge in [0.1, 0.15) is 5.82 Å². The number of anilines is 1. The molecular weight excluding hydrogens is 345 g/mol. The standard InChI is InChI=1S/C21H16FN3O2/c22-16-8-6-13(7-9-16)15-10-18-17(19(26)11-15)12-23-21(24-18)25-20(27)14-4-2-1-3-5-14/h1-9,12,15H,10-11H2,(H,23,24,25,27)/t15-/m1/s1. The number of carbonyl (C=O) groups excluding carboxylic acids is 2. The quantitative estimate of drug-likeness (QED) is 0.771. The van der Waals surface area contributed by atoms with E-state index < -0.39 is 0 Å². The third kappa shape index (κ3) is 3.60. The molecule has 0 bridgehead atoms. The number of halogens is 1. The third-order valence-electron chi connectivity index (χ3n) is 4.64. The summed E-state index contributed by atoms with van der Waals surface area (Å²) >= 11 is 0. The number of hydrogen-bond acceptors (Lipinski definition) is 4. The summed E-state index contributed by atoms with van der Waals surface area (Å²) in [6.07, 6.45) is 2.33. The first-order valence-corrected chi connectivity index (χ1v) is 8.61. The Bertz CT molecular complexity index is 1000. The summed E-state index contributed by atoms with van der Waals surface area (Å²) in [5.74, 6) is -0.581. The molecule has 1 aromatic heterocycles. The Morgan fingerprint density at radius 3 is 2.52 bits per heavy atom. The van der Waals surface area contributed by atoms with Gasteiger partial charge in [0.05, 0.1) is 11.3 Å². The second-order valence-electron chi connectivity index (χ2n) is 6.45. The van der Waals surface area contributed by atoms with Crippen molar-refractivity contribution in [3.8, 4) is 0 Å². The van der Waals surface area contributed by atoms with E-state index in [2.05, 4.69) is 15.3 Å². The summed E-state index contributed by atoms with van der Waals surface area (Å²) in [4.78, 5) is 33.2. The minimum Gasteiger partial charge on any atom is -0.294 e. The highest BCUT2D eigenvalue weighted by atomic mass is 19.1. The van der Waals surface area contributed by atoms with Crippen LogP contribution in [-0.4, -0.2) is 21.7 Å². The smallest absolute Gasteiger partial charge is 0.258 e. The van der Waals surface area contributed by atoms with Crippen molar-refractivity contribution < 1.29 is 14.0 Å². The van der Waals surface area contributed by atoms with Gasteiger partial charge in [-0.25, -0.2) is 14.4 Å². The number of fused-ring (bicyclic) bond motifs is 1. The second kappa shape index (κ2) is 7.07. The monoisotopic (exact) mass is 361 g/mol. The van der Waals surface area contributed by atoms with E-state index >= 15 is 0 Å². The Morgan fingerprint density at radius 1 is 1.04 bits per heavy atom. The lowest BCUT2D eigenvalue weighted by Gasteiger charge is -2.23. The van der Waals surface area contributed by atoms with Gasteiger partial charge in [0.25, 0.3) is 5.91 Å². The van der Waals surface area contributed by atoms with Crippen molar-refractivity contribution in [2.24, 2.45) is 0 Å². The number of rotatable bonds is 3. The van der Waals surface area contributed by atoms with Crippen LogP contribution in [0.5, 0.6) is 0 Å². The molecule has 0 unspecified atom stereocenters. The van der Waals surface area contributed by atoms with Crippen LogP contribution < -0.4 is 5.32 Å². The van der Waals surface area contributed by atoms with E-state index in [4.69, 9.17) is 0 Å². The number of carbonyl (C=O) groups is 2. The van der Waals surface area contributed by atoms with Gasteiger partial charge in [-0.2, -0.15) is 0 Å². The number of Topliss-reactive ketones (excluding diaryl/α,β-unsaturated/α-hetero) is 1. The van der Waals surface area contributed by atoms with Crippen molar-refractivity contribution in [1.29, 1.82) is 0 Å². The van der Waals surface area contributed by atoms with Crippen LogP contribution in [-0.2, 0) is 6.42 Å². The van der Waals surface area contributed by atoms with Gasteiger partial charge < -0.3 is 0 Å². The summed E-state index contributed by atoms with van der Waals surface area (Å²) < 4.78 is 13.2. The van der Waals surface area contributed by atoms with Crippen LogP contribution in [0.4, 0.5) is 10.3 Å². The fraction of sp³-hybridized carbons (Fsp3) is 0.143. The van der Waals surface area contributed by atoms with Crippen molar-refractivity contribution in [2.45, 2.75) is 18.8 Å². The van der Waals surface area contributed by atoms with Crippen LogP contribution in [0.2, 0.25) is 0 Å². The minimum atomic E-state index is -0.312. The summed E-state index contributed by atoms with van der Waals surface area (Å²) in [5, 5.41) is 2.66. The number of nitrogens with one attached hydrogen (secondary N) is 1. The van der Waals surface area contributed by atoms with E-state index in [1.807, 2.05) is 6.07 Å². The predicted molar refractivity (Wildman–Crippen MR) is 98.2 cm³/mol. The van der Waals surface area contributed by atoms with Crippen molar-refractivity contribution in [2.75, 3.05) is 5.32 Å². The summed E-state index contributed by atoms with van der Waals surface area (Å²) in [6.45, 7) is 0. The Morgan fingerprint density at radius 2 is 1.78 bits per heavy atom. The molecule has 0 saturated carbocycles. The molecule has 0 fully saturated rings. The second-order valence-corrected chi connectivity index (χ2v) is 6.45. The maximum atomic E-state index is 13.2. The molecule has 1 aliphatic rings. The number of amides is 1. The molecule has 0 radical (unpaired) electrons. The van der Waals surface area contributed by atoms with Gasteiger partial charge in [0, 0.05) is 18.2 Å². The van der Waals surface area contributed by atoms with Gasteiger partial charge >= 0.3 is 0 Å². The van der Waals surface area contributed by atoms with E-state index in [1.165, 1.54) is 18.3 Å². The first-order chi connectivity index (χ1) is 13.1. The van der Waals surface area contributed by atoms with E-state index in [-0.39, 0.29) is 29.4 Å². The molecule has 4 rings (SSSR count). The van der Waals surface area contributed by atoms with E-state index in [9.17, 15) is 14.0 Å².